The summed E-state index contributed by atoms with van der Waals surface area (Å²) < 4.78 is 0. The van der Waals surface area contributed by atoms with Crippen LogP contribution in [-0.4, -0.2) is 42.5 Å². The fourth-order valence-corrected chi connectivity index (χ4v) is 3.55. The van der Waals surface area contributed by atoms with Crippen molar-refractivity contribution < 1.29 is 4.79 Å². The lowest BCUT2D eigenvalue weighted by Crippen LogP contribution is -2.46. The maximum absolute atomic E-state index is 12.3. The summed E-state index contributed by atoms with van der Waals surface area (Å²) in [5.41, 5.74) is 6.15. The lowest BCUT2D eigenvalue weighted by molar-refractivity contribution is -0.126. The number of nitrogens with two attached hydrogens (primary N) is 1. The van der Waals surface area contributed by atoms with Gasteiger partial charge in [-0.2, -0.15) is 0 Å². The van der Waals surface area contributed by atoms with Gasteiger partial charge in [0, 0.05) is 18.6 Å². The van der Waals surface area contributed by atoms with Crippen molar-refractivity contribution >= 4 is 5.91 Å². The zero-order valence-electron chi connectivity index (χ0n) is 12.2. The Bertz CT molecular complexity index is 295. The van der Waals surface area contributed by atoms with Crippen molar-refractivity contribution in [2.45, 2.75) is 64.0 Å². The average molecular weight is 267 g/mol. The predicted octanol–water partition coefficient (Wildman–Crippen LogP) is 1.49. The van der Waals surface area contributed by atoms with E-state index in [0.717, 1.165) is 32.4 Å². The van der Waals surface area contributed by atoms with E-state index in [9.17, 15) is 4.79 Å². The van der Waals surface area contributed by atoms with Gasteiger partial charge in [-0.15, -0.1) is 0 Å². The molecule has 0 radical (unpaired) electrons. The lowest BCUT2D eigenvalue weighted by atomic mass is 9.94. The minimum absolute atomic E-state index is 0.0407. The molecule has 1 aliphatic carbocycles. The first-order valence-corrected chi connectivity index (χ1v) is 7.99. The van der Waals surface area contributed by atoms with Crippen LogP contribution in [0.5, 0.6) is 0 Å². The molecule has 19 heavy (non-hydrogen) atoms. The number of nitrogens with zero attached hydrogens (tertiary/aromatic N) is 1. The summed E-state index contributed by atoms with van der Waals surface area (Å²) in [5, 5.41) is 3.16. The number of hydrogen-bond acceptors (Lipinski definition) is 3. The van der Waals surface area contributed by atoms with Crippen LogP contribution in [0.15, 0.2) is 0 Å². The van der Waals surface area contributed by atoms with Crippen LogP contribution in [0.3, 0.4) is 0 Å². The Labute approximate surface area is 117 Å². The molecule has 0 spiro atoms. The number of likely N-dealkylation sites (tertiary alicyclic amines) is 1. The smallest absolute Gasteiger partial charge is 0.224 e. The third-order valence-corrected chi connectivity index (χ3v) is 4.82. The molecule has 4 heteroatoms. The van der Waals surface area contributed by atoms with Crippen molar-refractivity contribution in [3.8, 4) is 0 Å². The second kappa shape index (κ2) is 7.25. The Balaban J connectivity index is 1.79. The largest absolute Gasteiger partial charge is 0.354 e. The van der Waals surface area contributed by atoms with E-state index in [1.165, 1.54) is 32.2 Å². The van der Waals surface area contributed by atoms with E-state index in [0.29, 0.717) is 6.04 Å². The van der Waals surface area contributed by atoms with Crippen LogP contribution in [0.4, 0.5) is 0 Å². The molecule has 1 saturated carbocycles. The number of amides is 1. The second-order valence-corrected chi connectivity index (χ2v) is 6.08. The summed E-state index contributed by atoms with van der Waals surface area (Å²) in [4.78, 5) is 14.8. The molecule has 0 aromatic heterocycles. The highest BCUT2D eigenvalue weighted by Crippen LogP contribution is 2.22. The van der Waals surface area contributed by atoms with Crippen molar-refractivity contribution in [2.24, 2.45) is 11.7 Å². The minimum atomic E-state index is 0.0407. The van der Waals surface area contributed by atoms with E-state index in [4.69, 9.17) is 5.73 Å². The van der Waals surface area contributed by atoms with E-state index < -0.39 is 0 Å². The van der Waals surface area contributed by atoms with Gasteiger partial charge in [0.15, 0.2) is 0 Å². The van der Waals surface area contributed by atoms with Gasteiger partial charge in [0.05, 0.1) is 5.92 Å². The number of carbonyl (C=O) groups is 1. The summed E-state index contributed by atoms with van der Waals surface area (Å²) in [5.74, 6) is 0.233. The molecule has 0 bridgehead atoms. The van der Waals surface area contributed by atoms with Gasteiger partial charge < -0.3 is 11.1 Å². The SMILES string of the molecule is CCN1CCCC1CNC(=O)C1CCCCCC1N. The van der Waals surface area contributed by atoms with Gasteiger partial charge in [-0.1, -0.05) is 26.2 Å². The van der Waals surface area contributed by atoms with Crippen molar-refractivity contribution in [2.75, 3.05) is 19.6 Å². The molecule has 3 atom stereocenters. The van der Waals surface area contributed by atoms with Gasteiger partial charge in [0.25, 0.3) is 0 Å². The van der Waals surface area contributed by atoms with Crippen LogP contribution in [-0.2, 0) is 4.79 Å². The monoisotopic (exact) mass is 267 g/mol. The molecule has 1 aliphatic heterocycles. The van der Waals surface area contributed by atoms with Gasteiger partial charge in [-0.3, -0.25) is 9.69 Å². The zero-order chi connectivity index (χ0) is 13.7. The molecule has 1 heterocycles. The van der Waals surface area contributed by atoms with E-state index in [-0.39, 0.29) is 17.9 Å². The van der Waals surface area contributed by atoms with Crippen LogP contribution in [0.2, 0.25) is 0 Å². The molecule has 3 unspecified atom stereocenters. The van der Waals surface area contributed by atoms with Crippen LogP contribution >= 0.6 is 0 Å². The second-order valence-electron chi connectivity index (χ2n) is 6.08. The van der Waals surface area contributed by atoms with E-state index in [2.05, 4.69) is 17.1 Å². The summed E-state index contributed by atoms with van der Waals surface area (Å²) in [6.45, 7) is 5.26. The molecule has 0 aromatic carbocycles. The summed E-state index contributed by atoms with van der Waals surface area (Å²) >= 11 is 0. The summed E-state index contributed by atoms with van der Waals surface area (Å²) in [7, 11) is 0. The minimum Gasteiger partial charge on any atom is -0.354 e. The molecular formula is C15H29N3O. The van der Waals surface area contributed by atoms with Crippen molar-refractivity contribution in [1.82, 2.24) is 10.2 Å². The number of hydrogen-bond donors (Lipinski definition) is 2. The third kappa shape index (κ3) is 3.93. The van der Waals surface area contributed by atoms with Crippen LogP contribution in [0.25, 0.3) is 0 Å². The molecule has 4 nitrogen and oxygen atoms in total. The first-order valence-electron chi connectivity index (χ1n) is 7.99. The maximum atomic E-state index is 12.3. The standard InChI is InChI=1S/C15H29N3O/c1-2-18-10-6-7-12(18)11-17-15(19)13-8-4-3-5-9-14(13)16/h12-14H,2-11,16H2,1H3,(H,17,19). The van der Waals surface area contributed by atoms with Crippen molar-refractivity contribution in [3.05, 3.63) is 0 Å². The number of likely N-dealkylation sites (N-methyl/N-ethyl adjacent to an activating group) is 1. The quantitative estimate of drug-likeness (QED) is 0.759. The Morgan fingerprint density at radius 2 is 2.00 bits per heavy atom. The molecule has 110 valence electrons. The fraction of sp³-hybridized carbons (Fsp3) is 0.933. The first-order chi connectivity index (χ1) is 9.22. The van der Waals surface area contributed by atoms with Crippen molar-refractivity contribution in [3.63, 3.8) is 0 Å². The van der Waals surface area contributed by atoms with Gasteiger partial charge >= 0.3 is 0 Å². The Kier molecular flexibility index (Phi) is 5.64. The molecule has 1 saturated heterocycles. The topological polar surface area (TPSA) is 58.4 Å². The Hall–Kier alpha value is -0.610. The Morgan fingerprint density at radius 1 is 1.21 bits per heavy atom. The van der Waals surface area contributed by atoms with Crippen LogP contribution in [0.1, 0.15) is 51.9 Å². The maximum Gasteiger partial charge on any atom is 0.224 e. The molecule has 3 N–H and O–H groups in total. The highest BCUT2D eigenvalue weighted by molar-refractivity contribution is 5.79. The molecular weight excluding hydrogens is 238 g/mol. The van der Waals surface area contributed by atoms with Crippen LogP contribution < -0.4 is 11.1 Å². The molecule has 2 aliphatic rings. The van der Waals surface area contributed by atoms with Gasteiger partial charge in [0.2, 0.25) is 5.91 Å². The van der Waals surface area contributed by atoms with Crippen molar-refractivity contribution in [1.29, 1.82) is 0 Å². The Morgan fingerprint density at radius 3 is 2.79 bits per heavy atom. The highest BCUT2D eigenvalue weighted by Gasteiger charge is 2.28. The van der Waals surface area contributed by atoms with E-state index in [1.54, 1.807) is 0 Å². The number of nitrogens with one attached hydrogen (secondary N) is 1. The lowest BCUT2D eigenvalue weighted by Gasteiger charge is -2.25. The number of rotatable bonds is 4. The first kappa shape index (κ1) is 14.8. The van der Waals surface area contributed by atoms with Crippen LogP contribution in [0, 0.1) is 5.92 Å². The van der Waals surface area contributed by atoms with E-state index in [1.807, 2.05) is 0 Å². The fourth-order valence-electron chi connectivity index (χ4n) is 3.55. The van der Waals surface area contributed by atoms with Gasteiger partial charge in [-0.25, -0.2) is 0 Å². The third-order valence-electron chi connectivity index (χ3n) is 4.82. The molecule has 1 amide bonds. The highest BCUT2D eigenvalue weighted by atomic mass is 16.1. The number of carbonyl (C=O) groups excluding carboxylic acids is 1. The zero-order valence-corrected chi connectivity index (χ0v) is 12.2. The molecule has 0 aromatic rings. The summed E-state index contributed by atoms with van der Waals surface area (Å²) in [6, 6.07) is 0.601. The normalized spacial score (nSPS) is 33.1. The van der Waals surface area contributed by atoms with Gasteiger partial charge in [0.1, 0.15) is 0 Å². The average Bonchev–Trinajstić information content (AvgIpc) is 2.76. The predicted molar refractivity (Wildman–Crippen MR) is 77.8 cm³/mol. The molecule has 2 rings (SSSR count). The molecule has 2 fully saturated rings. The van der Waals surface area contributed by atoms with E-state index >= 15 is 0 Å². The van der Waals surface area contributed by atoms with Gasteiger partial charge in [-0.05, 0) is 38.8 Å². The summed E-state index contributed by atoms with van der Waals surface area (Å²) in [6.07, 6.45) is 8.00.